The number of hydrogen-bond donors (Lipinski definition) is 1. The van der Waals surface area contributed by atoms with Crippen LogP contribution in [0.5, 0.6) is 0 Å². The monoisotopic (exact) mass is 342 g/mol. The third-order valence-corrected chi connectivity index (χ3v) is 4.78. The van der Waals surface area contributed by atoms with Gasteiger partial charge in [0.25, 0.3) is 0 Å². The van der Waals surface area contributed by atoms with Crippen molar-refractivity contribution < 1.29 is 8.42 Å². The number of nitriles is 1. The summed E-state index contributed by atoms with van der Waals surface area (Å²) >= 11 is 5.87. The summed E-state index contributed by atoms with van der Waals surface area (Å²) in [6.45, 7) is 3.31. The quantitative estimate of drug-likeness (QED) is 0.855. The molecule has 22 heavy (non-hydrogen) atoms. The number of sulfonamides is 1. The van der Waals surface area contributed by atoms with Crippen LogP contribution in [0.1, 0.15) is 11.6 Å². The van der Waals surface area contributed by atoms with E-state index in [0.717, 1.165) is 18.7 Å². The van der Waals surface area contributed by atoms with Crippen LogP contribution in [0.2, 0.25) is 5.02 Å². The third-order valence-electron chi connectivity index (χ3n) is 3.77. The van der Waals surface area contributed by atoms with E-state index in [1.54, 1.807) is 12.1 Å². The molecule has 1 aliphatic heterocycles. The lowest BCUT2D eigenvalue weighted by Crippen LogP contribution is -2.48. The topological polar surface area (TPSA) is 90.4 Å². The predicted molar refractivity (Wildman–Crippen MR) is 85.8 cm³/mol. The van der Waals surface area contributed by atoms with E-state index in [1.807, 2.05) is 12.1 Å². The SMILES string of the molecule is N#C[C@@H](c1ccc(Cl)cc1)N1CCN(CCS(N)(=O)=O)CC1. The Bertz CT molecular complexity index is 634. The van der Waals surface area contributed by atoms with E-state index in [0.29, 0.717) is 24.7 Å². The summed E-state index contributed by atoms with van der Waals surface area (Å²) in [5.74, 6) is -0.0359. The van der Waals surface area contributed by atoms with Gasteiger partial charge in [-0.15, -0.1) is 0 Å². The molecule has 1 aromatic rings. The summed E-state index contributed by atoms with van der Waals surface area (Å²) in [4.78, 5) is 4.15. The maximum atomic E-state index is 11.0. The fourth-order valence-electron chi connectivity index (χ4n) is 2.51. The third kappa shape index (κ3) is 4.93. The highest BCUT2D eigenvalue weighted by Crippen LogP contribution is 2.23. The van der Waals surface area contributed by atoms with Gasteiger partial charge >= 0.3 is 0 Å². The second-order valence-corrected chi connectivity index (χ2v) is 7.50. The largest absolute Gasteiger partial charge is 0.300 e. The molecule has 1 aliphatic rings. The van der Waals surface area contributed by atoms with Crippen LogP contribution in [0.3, 0.4) is 0 Å². The first kappa shape index (κ1) is 17.2. The predicted octanol–water partition coefficient (Wildman–Crippen LogP) is 0.811. The van der Waals surface area contributed by atoms with Gasteiger partial charge < -0.3 is 0 Å². The molecule has 1 heterocycles. The van der Waals surface area contributed by atoms with Crippen LogP contribution in [0, 0.1) is 11.3 Å². The molecule has 2 N–H and O–H groups in total. The smallest absolute Gasteiger partial charge is 0.210 e. The Labute approximate surface area is 136 Å². The number of primary sulfonamides is 1. The summed E-state index contributed by atoms with van der Waals surface area (Å²) < 4.78 is 22.0. The number of nitrogens with two attached hydrogens (primary N) is 1. The van der Waals surface area contributed by atoms with E-state index < -0.39 is 10.0 Å². The van der Waals surface area contributed by atoms with Gasteiger partial charge in [0.15, 0.2) is 0 Å². The van der Waals surface area contributed by atoms with Gasteiger partial charge in [-0.1, -0.05) is 23.7 Å². The standard InChI is InChI=1S/C14H19ClN4O2S/c15-13-3-1-12(2-4-13)14(11-16)19-7-5-18(6-8-19)9-10-22(17,20)21/h1-4,14H,5-10H2,(H2,17,20,21)/t14-/m0/s1. The fraction of sp³-hybridized carbons (Fsp3) is 0.500. The maximum absolute atomic E-state index is 11.0. The summed E-state index contributed by atoms with van der Waals surface area (Å²) in [5.41, 5.74) is 0.921. The Morgan fingerprint density at radius 2 is 1.82 bits per heavy atom. The van der Waals surface area contributed by atoms with Gasteiger partial charge in [0.05, 0.1) is 11.8 Å². The zero-order valence-electron chi connectivity index (χ0n) is 12.2. The molecule has 1 fully saturated rings. The van der Waals surface area contributed by atoms with E-state index in [4.69, 9.17) is 16.7 Å². The highest BCUT2D eigenvalue weighted by molar-refractivity contribution is 7.89. The Hall–Kier alpha value is -1.17. The summed E-state index contributed by atoms with van der Waals surface area (Å²) in [5, 5.41) is 15.1. The van der Waals surface area contributed by atoms with E-state index >= 15 is 0 Å². The molecule has 0 spiro atoms. The minimum absolute atomic E-state index is 0.0359. The number of nitrogens with zero attached hydrogens (tertiary/aromatic N) is 3. The minimum Gasteiger partial charge on any atom is -0.300 e. The van der Waals surface area contributed by atoms with E-state index in [1.165, 1.54) is 0 Å². The second-order valence-electron chi connectivity index (χ2n) is 5.33. The maximum Gasteiger partial charge on any atom is 0.210 e. The molecule has 8 heteroatoms. The number of hydrogen-bond acceptors (Lipinski definition) is 5. The summed E-state index contributed by atoms with van der Waals surface area (Å²) in [6, 6.07) is 9.31. The fourth-order valence-corrected chi connectivity index (χ4v) is 3.15. The van der Waals surface area contributed by atoms with Crippen LogP contribution in [-0.2, 0) is 10.0 Å². The van der Waals surface area contributed by atoms with Crippen molar-refractivity contribution in [3.05, 3.63) is 34.9 Å². The van der Waals surface area contributed by atoms with Crippen molar-refractivity contribution >= 4 is 21.6 Å². The Kier molecular flexibility index (Phi) is 5.78. The highest BCUT2D eigenvalue weighted by atomic mass is 35.5. The molecular weight excluding hydrogens is 324 g/mol. The average molecular weight is 343 g/mol. The van der Waals surface area contributed by atoms with Gasteiger partial charge in [-0.3, -0.25) is 9.80 Å². The molecule has 0 saturated carbocycles. The van der Waals surface area contributed by atoms with Crippen LogP contribution in [0.15, 0.2) is 24.3 Å². The Morgan fingerprint density at radius 1 is 1.23 bits per heavy atom. The van der Waals surface area contributed by atoms with Gasteiger partial charge in [0.2, 0.25) is 10.0 Å². The first-order chi connectivity index (χ1) is 10.4. The lowest BCUT2D eigenvalue weighted by molar-refractivity contribution is 0.119. The molecule has 6 nitrogen and oxygen atoms in total. The van der Waals surface area contributed by atoms with Crippen LogP contribution >= 0.6 is 11.6 Å². The van der Waals surface area contributed by atoms with Gasteiger partial charge in [-0.05, 0) is 17.7 Å². The van der Waals surface area contributed by atoms with Crippen LogP contribution < -0.4 is 5.14 Å². The van der Waals surface area contributed by atoms with Crippen molar-refractivity contribution in [1.82, 2.24) is 9.80 Å². The van der Waals surface area contributed by atoms with Crippen LogP contribution in [-0.4, -0.2) is 56.7 Å². The van der Waals surface area contributed by atoms with Gasteiger partial charge in [0, 0.05) is 37.7 Å². The number of rotatable bonds is 5. The normalized spacial score (nSPS) is 18.8. The molecule has 0 radical (unpaired) electrons. The molecule has 1 atom stereocenters. The number of halogens is 1. The molecule has 0 aliphatic carbocycles. The second kappa shape index (κ2) is 7.40. The molecule has 1 saturated heterocycles. The van der Waals surface area contributed by atoms with Crippen molar-refractivity contribution in [2.24, 2.45) is 5.14 Å². The minimum atomic E-state index is -3.43. The number of benzene rings is 1. The Morgan fingerprint density at radius 3 is 2.32 bits per heavy atom. The van der Waals surface area contributed by atoms with Crippen molar-refractivity contribution in [3.8, 4) is 6.07 Å². The van der Waals surface area contributed by atoms with Crippen molar-refractivity contribution in [3.63, 3.8) is 0 Å². The Balaban J connectivity index is 1.92. The molecule has 0 amide bonds. The highest BCUT2D eigenvalue weighted by Gasteiger charge is 2.25. The molecule has 0 unspecified atom stereocenters. The lowest BCUT2D eigenvalue weighted by Gasteiger charge is -2.36. The average Bonchev–Trinajstić information content (AvgIpc) is 2.48. The van der Waals surface area contributed by atoms with Gasteiger partial charge in [-0.25, -0.2) is 13.6 Å². The summed E-state index contributed by atoms with van der Waals surface area (Å²) in [6.07, 6.45) is 0. The molecule has 120 valence electrons. The number of piperazine rings is 1. The van der Waals surface area contributed by atoms with E-state index in [9.17, 15) is 13.7 Å². The molecule has 0 bridgehead atoms. The molecule has 2 rings (SSSR count). The first-order valence-corrected chi connectivity index (χ1v) is 9.10. The zero-order chi connectivity index (χ0) is 16.2. The first-order valence-electron chi connectivity index (χ1n) is 7.01. The van der Waals surface area contributed by atoms with E-state index in [-0.39, 0.29) is 11.8 Å². The van der Waals surface area contributed by atoms with E-state index in [2.05, 4.69) is 15.9 Å². The molecule has 0 aromatic heterocycles. The lowest BCUT2D eigenvalue weighted by atomic mass is 10.1. The zero-order valence-corrected chi connectivity index (χ0v) is 13.7. The molecular formula is C14H19ClN4O2S. The van der Waals surface area contributed by atoms with Crippen molar-refractivity contribution in [1.29, 1.82) is 5.26 Å². The van der Waals surface area contributed by atoms with Crippen molar-refractivity contribution in [2.45, 2.75) is 6.04 Å². The summed E-state index contributed by atoms with van der Waals surface area (Å²) in [7, 11) is -3.43. The van der Waals surface area contributed by atoms with Gasteiger partial charge in [0.1, 0.15) is 6.04 Å². The molecule has 1 aromatic carbocycles. The van der Waals surface area contributed by atoms with Crippen LogP contribution in [0.4, 0.5) is 0 Å². The van der Waals surface area contributed by atoms with Crippen LogP contribution in [0.25, 0.3) is 0 Å². The van der Waals surface area contributed by atoms with Gasteiger partial charge in [-0.2, -0.15) is 5.26 Å². The van der Waals surface area contributed by atoms with Crippen molar-refractivity contribution in [2.75, 3.05) is 38.5 Å².